The Hall–Kier alpha value is -3.43. The molecule has 1 N–H and O–H groups in total. The van der Waals surface area contributed by atoms with E-state index in [9.17, 15) is 13.2 Å². The van der Waals surface area contributed by atoms with Gasteiger partial charge in [0.15, 0.2) is 17.6 Å². The number of carbonyl (C=O) groups is 1. The molecule has 36 heavy (non-hydrogen) atoms. The van der Waals surface area contributed by atoms with E-state index in [1.165, 1.54) is 10.4 Å². The molecule has 2 atom stereocenters. The highest BCUT2D eigenvalue weighted by atomic mass is 35.5. The fourth-order valence-electron chi connectivity index (χ4n) is 4.15. The number of nitrogens with one attached hydrogen (secondary N) is 1. The molecule has 188 valence electrons. The molecule has 0 aliphatic carbocycles. The van der Waals surface area contributed by atoms with Crippen LogP contribution in [0.3, 0.4) is 0 Å². The molecule has 0 saturated heterocycles. The van der Waals surface area contributed by atoms with Gasteiger partial charge in [-0.25, -0.2) is 8.42 Å². The van der Waals surface area contributed by atoms with Gasteiger partial charge >= 0.3 is 0 Å². The van der Waals surface area contributed by atoms with Crippen molar-refractivity contribution >= 4 is 33.2 Å². The fourth-order valence-corrected chi connectivity index (χ4v) is 5.78. The highest BCUT2D eigenvalue weighted by Crippen LogP contribution is 2.39. The summed E-state index contributed by atoms with van der Waals surface area (Å²) in [5.41, 5.74) is 2.04. The van der Waals surface area contributed by atoms with Gasteiger partial charge in [0.05, 0.1) is 23.2 Å². The Balaban J connectivity index is 1.41. The number of sulfonamides is 1. The van der Waals surface area contributed by atoms with E-state index in [0.717, 1.165) is 11.1 Å². The number of benzene rings is 3. The minimum Gasteiger partial charge on any atom is -0.486 e. The molecule has 0 spiro atoms. The first-order chi connectivity index (χ1) is 17.2. The standard InChI is InChI=1S/C26H25ClN2O6S/c1-16-3-7-20(8-4-16)36(31,32)29-15-25(35-22-10-6-19(27)14-21(22)29)26(30)28-17(2)18-5-9-23-24(13-18)34-12-11-33-23/h3-10,13-14,17,25H,11-12,15H2,1-2H3,(H,28,30)/t17-,25-/m1/s1. The average Bonchev–Trinajstić information content (AvgIpc) is 2.87. The first-order valence-electron chi connectivity index (χ1n) is 11.5. The van der Waals surface area contributed by atoms with Gasteiger partial charge in [0, 0.05) is 5.02 Å². The highest BCUT2D eigenvalue weighted by molar-refractivity contribution is 7.92. The number of aryl methyl sites for hydroxylation is 1. The van der Waals surface area contributed by atoms with E-state index < -0.39 is 22.0 Å². The minimum absolute atomic E-state index is 0.115. The van der Waals surface area contributed by atoms with Crippen LogP contribution in [0, 0.1) is 6.92 Å². The quantitative estimate of drug-likeness (QED) is 0.532. The summed E-state index contributed by atoms with van der Waals surface area (Å²) in [6, 6.07) is 16.3. The van der Waals surface area contributed by atoms with E-state index in [-0.39, 0.29) is 28.9 Å². The number of ether oxygens (including phenoxy) is 3. The number of nitrogens with zero attached hydrogens (tertiary/aromatic N) is 1. The van der Waals surface area contributed by atoms with E-state index in [4.69, 9.17) is 25.8 Å². The molecule has 2 aliphatic rings. The lowest BCUT2D eigenvalue weighted by atomic mass is 10.1. The van der Waals surface area contributed by atoms with Gasteiger partial charge in [0.1, 0.15) is 19.0 Å². The molecule has 3 aromatic carbocycles. The number of carbonyl (C=O) groups excluding carboxylic acids is 1. The van der Waals surface area contributed by atoms with Gasteiger partial charge in [-0.2, -0.15) is 0 Å². The molecular weight excluding hydrogens is 504 g/mol. The van der Waals surface area contributed by atoms with Gasteiger partial charge in [-0.1, -0.05) is 35.4 Å². The van der Waals surface area contributed by atoms with Gasteiger partial charge < -0.3 is 19.5 Å². The third-order valence-corrected chi connectivity index (χ3v) is 8.15. The van der Waals surface area contributed by atoms with Crippen LogP contribution in [0.15, 0.2) is 65.6 Å². The maximum absolute atomic E-state index is 13.6. The van der Waals surface area contributed by atoms with Crippen molar-refractivity contribution in [3.63, 3.8) is 0 Å². The number of anilines is 1. The number of rotatable bonds is 5. The van der Waals surface area contributed by atoms with Gasteiger partial charge in [-0.05, 0) is 61.9 Å². The summed E-state index contributed by atoms with van der Waals surface area (Å²) >= 11 is 6.17. The van der Waals surface area contributed by atoms with E-state index in [1.807, 2.05) is 26.0 Å². The molecule has 0 fully saturated rings. The van der Waals surface area contributed by atoms with Crippen LogP contribution in [-0.4, -0.2) is 40.2 Å². The zero-order valence-corrected chi connectivity index (χ0v) is 21.3. The van der Waals surface area contributed by atoms with E-state index in [1.54, 1.807) is 42.5 Å². The van der Waals surface area contributed by atoms with Crippen LogP contribution in [0.4, 0.5) is 5.69 Å². The second-order valence-corrected chi connectivity index (χ2v) is 11.0. The lowest BCUT2D eigenvalue weighted by molar-refractivity contribution is -0.128. The second kappa shape index (κ2) is 9.55. The largest absolute Gasteiger partial charge is 0.486 e. The Morgan fingerprint density at radius 1 is 1.00 bits per heavy atom. The van der Waals surface area contributed by atoms with Crippen LogP contribution in [0.1, 0.15) is 24.1 Å². The molecule has 2 aliphatic heterocycles. The topological polar surface area (TPSA) is 94.2 Å². The van der Waals surface area contributed by atoms with Crippen LogP contribution in [-0.2, 0) is 14.8 Å². The Morgan fingerprint density at radius 2 is 1.69 bits per heavy atom. The number of hydrogen-bond donors (Lipinski definition) is 1. The van der Waals surface area contributed by atoms with Crippen molar-refractivity contribution in [3.8, 4) is 17.2 Å². The molecular formula is C26H25ClN2O6S. The normalized spacial score (nSPS) is 17.5. The van der Waals surface area contributed by atoms with Crippen LogP contribution in [0.5, 0.6) is 17.2 Å². The minimum atomic E-state index is -3.98. The number of fused-ring (bicyclic) bond motifs is 2. The predicted octanol–water partition coefficient (Wildman–Crippen LogP) is 4.25. The summed E-state index contributed by atoms with van der Waals surface area (Å²) in [5.74, 6) is 1.09. The summed E-state index contributed by atoms with van der Waals surface area (Å²) in [6.45, 7) is 4.46. The van der Waals surface area contributed by atoms with Gasteiger partial charge in [0.25, 0.3) is 15.9 Å². The van der Waals surface area contributed by atoms with Crippen molar-refractivity contribution < 1.29 is 27.4 Å². The van der Waals surface area contributed by atoms with Crippen LogP contribution >= 0.6 is 11.6 Å². The Kier molecular flexibility index (Phi) is 6.44. The van der Waals surface area contributed by atoms with Crippen molar-refractivity contribution in [2.75, 3.05) is 24.1 Å². The number of amides is 1. The molecule has 1 amide bonds. The maximum Gasteiger partial charge on any atom is 0.264 e. The summed E-state index contributed by atoms with van der Waals surface area (Å²) in [4.78, 5) is 13.4. The Labute approximate surface area is 214 Å². The monoisotopic (exact) mass is 528 g/mol. The predicted molar refractivity (Wildman–Crippen MR) is 136 cm³/mol. The van der Waals surface area contributed by atoms with Crippen molar-refractivity contribution in [2.24, 2.45) is 0 Å². The zero-order valence-electron chi connectivity index (χ0n) is 19.7. The molecule has 5 rings (SSSR count). The zero-order chi connectivity index (χ0) is 25.4. The third kappa shape index (κ3) is 4.68. The Bertz CT molecular complexity index is 1410. The lowest BCUT2D eigenvalue weighted by Gasteiger charge is -2.35. The number of hydrogen-bond acceptors (Lipinski definition) is 6. The van der Waals surface area contributed by atoms with Crippen molar-refractivity contribution in [1.82, 2.24) is 5.32 Å². The lowest BCUT2D eigenvalue weighted by Crippen LogP contribution is -2.51. The van der Waals surface area contributed by atoms with Crippen LogP contribution < -0.4 is 23.8 Å². The summed E-state index contributed by atoms with van der Waals surface area (Å²) in [6.07, 6.45) is -1.07. The molecule has 0 bridgehead atoms. The molecule has 2 heterocycles. The molecule has 0 unspecified atom stereocenters. The van der Waals surface area contributed by atoms with E-state index in [0.29, 0.717) is 29.7 Å². The molecule has 10 heteroatoms. The molecule has 0 aromatic heterocycles. The van der Waals surface area contributed by atoms with E-state index >= 15 is 0 Å². The fraction of sp³-hybridized carbons (Fsp3) is 0.269. The van der Waals surface area contributed by atoms with Crippen molar-refractivity contribution in [2.45, 2.75) is 30.9 Å². The first kappa shape index (κ1) is 24.3. The maximum atomic E-state index is 13.6. The van der Waals surface area contributed by atoms with Gasteiger partial charge in [-0.3, -0.25) is 9.10 Å². The molecule has 0 saturated carbocycles. The molecule has 8 nitrogen and oxygen atoms in total. The first-order valence-corrected chi connectivity index (χ1v) is 13.3. The third-order valence-electron chi connectivity index (χ3n) is 6.12. The summed E-state index contributed by atoms with van der Waals surface area (Å²) in [5, 5.41) is 3.28. The summed E-state index contributed by atoms with van der Waals surface area (Å²) < 4.78 is 45.5. The van der Waals surface area contributed by atoms with Gasteiger partial charge in [-0.15, -0.1) is 0 Å². The van der Waals surface area contributed by atoms with Crippen molar-refractivity contribution in [1.29, 1.82) is 0 Å². The van der Waals surface area contributed by atoms with Crippen LogP contribution in [0.2, 0.25) is 5.02 Å². The average molecular weight is 529 g/mol. The smallest absolute Gasteiger partial charge is 0.264 e. The van der Waals surface area contributed by atoms with Crippen LogP contribution in [0.25, 0.3) is 0 Å². The number of halogens is 1. The van der Waals surface area contributed by atoms with Crippen molar-refractivity contribution in [3.05, 3.63) is 76.8 Å². The highest BCUT2D eigenvalue weighted by Gasteiger charge is 2.38. The molecule has 3 aromatic rings. The Morgan fingerprint density at radius 3 is 2.44 bits per heavy atom. The van der Waals surface area contributed by atoms with Gasteiger partial charge in [0.2, 0.25) is 0 Å². The molecule has 0 radical (unpaired) electrons. The second-order valence-electron chi connectivity index (χ2n) is 8.70. The SMILES string of the molecule is Cc1ccc(S(=O)(=O)N2C[C@H](C(=O)N[C@H](C)c3ccc4c(c3)OCCO4)Oc3ccc(Cl)cc32)cc1. The summed E-state index contributed by atoms with van der Waals surface area (Å²) in [7, 11) is -3.98. The van der Waals surface area contributed by atoms with E-state index in [2.05, 4.69) is 5.32 Å².